The Kier molecular flexibility index (Phi) is 4.14. The molecule has 0 spiro atoms. The number of rotatable bonds is 1. The topological polar surface area (TPSA) is 55.8 Å². The van der Waals surface area contributed by atoms with Gasteiger partial charge >= 0.3 is 6.09 Å². The van der Waals surface area contributed by atoms with Gasteiger partial charge in [-0.2, -0.15) is 0 Å². The first-order chi connectivity index (χ1) is 7.76. The fraction of sp³-hybridized carbons (Fsp3) is 0.833. The second kappa shape index (κ2) is 5.04. The maximum atomic E-state index is 12.0. The molecular weight excluding hydrogens is 222 g/mol. The van der Waals surface area contributed by atoms with Crippen LogP contribution < -0.4 is 0 Å². The average molecular weight is 243 g/mol. The lowest BCUT2D eigenvalue weighted by Gasteiger charge is -2.36. The van der Waals surface area contributed by atoms with Crippen molar-refractivity contribution in [3.05, 3.63) is 0 Å². The van der Waals surface area contributed by atoms with E-state index in [0.29, 0.717) is 13.0 Å². The number of hydrogen-bond donors (Lipinski definition) is 0. The highest BCUT2D eigenvalue weighted by Gasteiger charge is 2.39. The predicted molar refractivity (Wildman–Crippen MR) is 62.6 cm³/mol. The monoisotopic (exact) mass is 243 g/mol. The molecule has 1 heterocycles. The molecule has 1 aliphatic rings. The summed E-state index contributed by atoms with van der Waals surface area (Å²) in [5.74, 6) is -0.305. The van der Waals surface area contributed by atoms with Crippen LogP contribution in [0.15, 0.2) is 0 Å². The smallest absolute Gasteiger partial charge is 0.417 e. The molecule has 0 saturated carbocycles. The van der Waals surface area contributed by atoms with E-state index >= 15 is 0 Å². The molecule has 0 bridgehead atoms. The molecule has 2 atom stereocenters. The number of imide groups is 1. The molecule has 5 nitrogen and oxygen atoms in total. The first-order valence-corrected chi connectivity index (χ1v) is 5.94. The van der Waals surface area contributed by atoms with Crippen molar-refractivity contribution in [2.75, 3.05) is 6.61 Å². The van der Waals surface area contributed by atoms with E-state index in [0.717, 1.165) is 0 Å². The molecule has 98 valence electrons. The Bertz CT molecular complexity index is 308. The Balaban J connectivity index is 2.78. The molecule has 0 unspecified atom stereocenters. The molecule has 1 saturated heterocycles. The van der Waals surface area contributed by atoms with Gasteiger partial charge in [0.25, 0.3) is 5.91 Å². The fourth-order valence-electron chi connectivity index (χ4n) is 1.65. The SMILES string of the molecule is CC[C@H]1OC[C@@H](C)N(C(=O)OC(C)(C)C)C1=O. The number of nitrogens with zero attached hydrogens (tertiary/aromatic N) is 1. The number of carbonyl (C=O) groups is 2. The van der Waals surface area contributed by atoms with E-state index in [4.69, 9.17) is 9.47 Å². The lowest BCUT2D eigenvalue weighted by molar-refractivity contribution is -0.156. The quantitative estimate of drug-likeness (QED) is 0.706. The molecule has 1 aliphatic heterocycles. The van der Waals surface area contributed by atoms with E-state index in [2.05, 4.69) is 0 Å². The van der Waals surface area contributed by atoms with E-state index in [9.17, 15) is 9.59 Å². The third-order valence-electron chi connectivity index (χ3n) is 2.45. The minimum absolute atomic E-state index is 0.278. The summed E-state index contributed by atoms with van der Waals surface area (Å²) in [4.78, 5) is 25.1. The zero-order chi connectivity index (χ0) is 13.2. The number of ether oxygens (including phenoxy) is 2. The van der Waals surface area contributed by atoms with Gasteiger partial charge in [0.15, 0.2) is 0 Å². The van der Waals surface area contributed by atoms with Gasteiger partial charge in [-0.3, -0.25) is 4.79 Å². The Morgan fingerprint density at radius 1 is 1.53 bits per heavy atom. The van der Waals surface area contributed by atoms with Gasteiger partial charge in [0.2, 0.25) is 0 Å². The van der Waals surface area contributed by atoms with Crippen LogP contribution in [0.3, 0.4) is 0 Å². The van der Waals surface area contributed by atoms with Gasteiger partial charge in [-0.05, 0) is 34.1 Å². The van der Waals surface area contributed by atoms with Crippen LogP contribution in [0, 0.1) is 0 Å². The summed E-state index contributed by atoms with van der Waals surface area (Å²) in [6, 6.07) is -0.278. The first kappa shape index (κ1) is 14.0. The summed E-state index contributed by atoms with van der Waals surface area (Å²) in [5, 5.41) is 0. The van der Waals surface area contributed by atoms with Gasteiger partial charge in [0, 0.05) is 0 Å². The standard InChI is InChI=1S/C12H21NO4/c1-6-9-10(14)13(8(2)7-16-9)11(15)17-12(3,4)5/h8-9H,6-7H2,1-5H3/t8-,9-/m1/s1. The van der Waals surface area contributed by atoms with Crippen molar-refractivity contribution in [3.63, 3.8) is 0 Å². The highest BCUT2D eigenvalue weighted by Crippen LogP contribution is 2.19. The maximum Gasteiger partial charge on any atom is 0.417 e. The average Bonchev–Trinajstić information content (AvgIpc) is 2.15. The molecule has 0 radical (unpaired) electrons. The third kappa shape index (κ3) is 3.43. The Hall–Kier alpha value is -1.10. The predicted octanol–water partition coefficient (Wildman–Crippen LogP) is 1.95. The van der Waals surface area contributed by atoms with Crippen LogP contribution in [-0.4, -0.2) is 41.3 Å². The fourth-order valence-corrected chi connectivity index (χ4v) is 1.65. The maximum absolute atomic E-state index is 12.0. The minimum Gasteiger partial charge on any atom is -0.443 e. The molecule has 1 fully saturated rings. The van der Waals surface area contributed by atoms with Crippen molar-refractivity contribution in [1.82, 2.24) is 4.90 Å². The van der Waals surface area contributed by atoms with Crippen LogP contribution in [0.25, 0.3) is 0 Å². The highest BCUT2D eigenvalue weighted by atomic mass is 16.6. The summed E-state index contributed by atoms with van der Waals surface area (Å²) in [7, 11) is 0. The molecule has 5 heteroatoms. The normalized spacial score (nSPS) is 25.9. The van der Waals surface area contributed by atoms with Gasteiger partial charge in [0.1, 0.15) is 11.7 Å². The Morgan fingerprint density at radius 2 is 2.12 bits per heavy atom. The van der Waals surface area contributed by atoms with Crippen molar-refractivity contribution in [3.8, 4) is 0 Å². The number of carbonyl (C=O) groups excluding carboxylic acids is 2. The van der Waals surface area contributed by atoms with Gasteiger partial charge in [-0.25, -0.2) is 9.69 Å². The van der Waals surface area contributed by atoms with Crippen molar-refractivity contribution in [2.45, 2.75) is 58.8 Å². The second-order valence-electron chi connectivity index (χ2n) is 5.27. The van der Waals surface area contributed by atoms with Crippen molar-refractivity contribution in [1.29, 1.82) is 0 Å². The molecule has 0 aliphatic carbocycles. The highest BCUT2D eigenvalue weighted by molar-refractivity contribution is 5.95. The third-order valence-corrected chi connectivity index (χ3v) is 2.45. The van der Waals surface area contributed by atoms with Crippen LogP contribution in [-0.2, 0) is 14.3 Å². The summed E-state index contributed by atoms with van der Waals surface area (Å²) < 4.78 is 10.6. The molecule has 2 amide bonds. The molecule has 17 heavy (non-hydrogen) atoms. The summed E-state index contributed by atoms with van der Waals surface area (Å²) >= 11 is 0. The summed E-state index contributed by atoms with van der Waals surface area (Å²) in [6.45, 7) is 9.32. The minimum atomic E-state index is -0.600. The summed E-state index contributed by atoms with van der Waals surface area (Å²) in [5.41, 5.74) is -0.600. The van der Waals surface area contributed by atoms with E-state index in [1.807, 2.05) is 6.92 Å². The lowest BCUT2D eigenvalue weighted by atomic mass is 10.1. The second-order valence-corrected chi connectivity index (χ2v) is 5.27. The van der Waals surface area contributed by atoms with Gasteiger partial charge < -0.3 is 9.47 Å². The first-order valence-electron chi connectivity index (χ1n) is 5.94. The van der Waals surface area contributed by atoms with Crippen LogP contribution in [0.5, 0.6) is 0 Å². The van der Waals surface area contributed by atoms with E-state index in [-0.39, 0.29) is 11.9 Å². The number of hydrogen-bond acceptors (Lipinski definition) is 4. The number of morpholine rings is 1. The summed E-state index contributed by atoms with van der Waals surface area (Å²) in [6.07, 6.45) is -0.555. The molecule has 0 aromatic rings. The molecule has 0 N–H and O–H groups in total. The van der Waals surface area contributed by atoms with E-state index in [1.54, 1.807) is 27.7 Å². The van der Waals surface area contributed by atoms with Gasteiger partial charge in [-0.1, -0.05) is 6.92 Å². The van der Waals surface area contributed by atoms with Crippen molar-refractivity contribution in [2.24, 2.45) is 0 Å². The molecule has 0 aromatic heterocycles. The largest absolute Gasteiger partial charge is 0.443 e. The van der Waals surface area contributed by atoms with E-state index < -0.39 is 17.8 Å². The van der Waals surface area contributed by atoms with Crippen LogP contribution >= 0.6 is 0 Å². The van der Waals surface area contributed by atoms with Crippen LogP contribution in [0.4, 0.5) is 4.79 Å². The molecule has 1 rings (SSSR count). The Labute approximate surface area is 102 Å². The van der Waals surface area contributed by atoms with Gasteiger partial charge in [-0.15, -0.1) is 0 Å². The zero-order valence-electron chi connectivity index (χ0n) is 11.1. The van der Waals surface area contributed by atoms with E-state index in [1.165, 1.54) is 4.90 Å². The van der Waals surface area contributed by atoms with Crippen LogP contribution in [0.1, 0.15) is 41.0 Å². The van der Waals surface area contributed by atoms with Crippen molar-refractivity contribution < 1.29 is 19.1 Å². The van der Waals surface area contributed by atoms with Crippen LogP contribution in [0.2, 0.25) is 0 Å². The number of amides is 2. The lowest BCUT2D eigenvalue weighted by Crippen LogP contribution is -2.56. The van der Waals surface area contributed by atoms with Gasteiger partial charge in [0.05, 0.1) is 12.6 Å². The zero-order valence-corrected chi connectivity index (χ0v) is 11.1. The molecule has 0 aromatic carbocycles. The Morgan fingerprint density at radius 3 is 2.59 bits per heavy atom. The molecular formula is C12H21NO4. The van der Waals surface area contributed by atoms with Crippen molar-refractivity contribution >= 4 is 12.0 Å².